The Hall–Kier alpha value is -2.46. The SMILES string of the molecule is O=S(=O)(NCCOc1ccc2c(c1)OCO2)c1ccccc1C(F)(F)F. The predicted octanol–water partition coefficient (Wildman–Crippen LogP) is 2.79. The van der Waals surface area contributed by atoms with Crippen LogP contribution < -0.4 is 18.9 Å². The Morgan fingerprint density at radius 3 is 2.58 bits per heavy atom. The monoisotopic (exact) mass is 389 g/mol. The van der Waals surface area contributed by atoms with E-state index in [1.165, 1.54) is 6.07 Å². The first kappa shape index (κ1) is 18.3. The number of hydrogen-bond acceptors (Lipinski definition) is 5. The van der Waals surface area contributed by atoms with Gasteiger partial charge in [-0.05, 0) is 24.3 Å². The van der Waals surface area contributed by atoms with Crippen LogP contribution in [0.1, 0.15) is 5.56 Å². The van der Waals surface area contributed by atoms with Crippen LogP contribution in [0.2, 0.25) is 0 Å². The third-order valence-corrected chi connectivity index (χ3v) is 5.01. The van der Waals surface area contributed by atoms with E-state index in [4.69, 9.17) is 14.2 Å². The summed E-state index contributed by atoms with van der Waals surface area (Å²) in [6, 6.07) is 8.82. The van der Waals surface area contributed by atoms with E-state index in [1.54, 1.807) is 18.2 Å². The number of alkyl halides is 3. The maximum atomic E-state index is 13.0. The highest BCUT2D eigenvalue weighted by atomic mass is 32.2. The summed E-state index contributed by atoms with van der Waals surface area (Å²) >= 11 is 0. The van der Waals surface area contributed by atoms with Gasteiger partial charge in [0.1, 0.15) is 12.4 Å². The predicted molar refractivity (Wildman–Crippen MR) is 84.7 cm³/mol. The van der Waals surface area contributed by atoms with Crippen molar-refractivity contribution in [2.75, 3.05) is 19.9 Å². The summed E-state index contributed by atoms with van der Waals surface area (Å²) in [7, 11) is -4.33. The average Bonchev–Trinajstić information content (AvgIpc) is 3.06. The summed E-state index contributed by atoms with van der Waals surface area (Å²) in [6.45, 7) is -0.173. The molecule has 0 aromatic heterocycles. The molecule has 0 spiro atoms. The lowest BCUT2D eigenvalue weighted by atomic mass is 10.2. The fraction of sp³-hybridized carbons (Fsp3) is 0.250. The normalized spacial score (nSPS) is 13.7. The molecule has 0 atom stereocenters. The van der Waals surface area contributed by atoms with Crippen LogP contribution in [0.25, 0.3) is 0 Å². The smallest absolute Gasteiger partial charge is 0.417 e. The third kappa shape index (κ3) is 4.02. The summed E-state index contributed by atoms with van der Waals surface area (Å²) in [6.07, 6.45) is -4.77. The van der Waals surface area contributed by atoms with Gasteiger partial charge in [0, 0.05) is 12.6 Å². The van der Waals surface area contributed by atoms with Crippen molar-refractivity contribution in [3.8, 4) is 17.2 Å². The van der Waals surface area contributed by atoms with Crippen molar-refractivity contribution >= 4 is 10.0 Å². The first-order valence-corrected chi connectivity index (χ1v) is 8.94. The van der Waals surface area contributed by atoms with E-state index in [0.717, 1.165) is 18.2 Å². The molecule has 0 fully saturated rings. The Balaban J connectivity index is 1.61. The average molecular weight is 389 g/mol. The van der Waals surface area contributed by atoms with Gasteiger partial charge in [0.2, 0.25) is 16.8 Å². The van der Waals surface area contributed by atoms with E-state index in [-0.39, 0.29) is 19.9 Å². The van der Waals surface area contributed by atoms with E-state index in [9.17, 15) is 21.6 Å². The van der Waals surface area contributed by atoms with Crippen LogP contribution >= 0.6 is 0 Å². The van der Waals surface area contributed by atoms with Gasteiger partial charge < -0.3 is 14.2 Å². The standard InChI is InChI=1S/C16H14F3NO5S/c17-16(18,19)12-3-1-2-4-15(12)26(21,22)20-7-8-23-11-5-6-13-14(9-11)25-10-24-13/h1-6,9,20H,7-8,10H2. The number of benzene rings is 2. The maximum absolute atomic E-state index is 13.0. The fourth-order valence-electron chi connectivity index (χ4n) is 2.32. The minimum absolute atomic E-state index is 0.0763. The largest absolute Gasteiger partial charge is 0.492 e. The van der Waals surface area contributed by atoms with Crippen LogP contribution in [-0.4, -0.2) is 28.4 Å². The van der Waals surface area contributed by atoms with Crippen molar-refractivity contribution in [2.24, 2.45) is 0 Å². The van der Waals surface area contributed by atoms with E-state index >= 15 is 0 Å². The molecule has 26 heavy (non-hydrogen) atoms. The molecule has 10 heteroatoms. The first-order chi connectivity index (χ1) is 12.3. The Kier molecular flexibility index (Phi) is 4.97. The van der Waals surface area contributed by atoms with E-state index in [2.05, 4.69) is 4.72 Å². The molecule has 1 heterocycles. The van der Waals surface area contributed by atoms with Gasteiger partial charge in [0.15, 0.2) is 11.5 Å². The molecule has 0 saturated carbocycles. The van der Waals surface area contributed by atoms with Crippen molar-refractivity contribution in [2.45, 2.75) is 11.1 Å². The van der Waals surface area contributed by atoms with Gasteiger partial charge in [-0.1, -0.05) is 12.1 Å². The first-order valence-electron chi connectivity index (χ1n) is 7.46. The summed E-state index contributed by atoms with van der Waals surface area (Å²) in [4.78, 5) is -0.824. The number of fused-ring (bicyclic) bond motifs is 1. The lowest BCUT2D eigenvalue weighted by molar-refractivity contribution is -0.139. The van der Waals surface area contributed by atoms with Gasteiger partial charge in [-0.15, -0.1) is 0 Å². The number of sulfonamides is 1. The topological polar surface area (TPSA) is 73.9 Å². The van der Waals surface area contributed by atoms with Gasteiger partial charge in [-0.3, -0.25) is 0 Å². The van der Waals surface area contributed by atoms with Crippen LogP contribution in [0.3, 0.4) is 0 Å². The second kappa shape index (κ2) is 7.04. The quantitative estimate of drug-likeness (QED) is 0.769. The molecule has 0 radical (unpaired) electrons. The molecule has 6 nitrogen and oxygen atoms in total. The number of rotatable bonds is 6. The summed E-state index contributed by atoms with van der Waals surface area (Å²) in [5.74, 6) is 1.49. The molecule has 140 valence electrons. The summed E-state index contributed by atoms with van der Waals surface area (Å²) < 4.78 is 81.0. The minimum Gasteiger partial charge on any atom is -0.492 e. The van der Waals surface area contributed by atoms with Crippen molar-refractivity contribution in [1.29, 1.82) is 0 Å². The molecule has 0 saturated heterocycles. The molecule has 1 N–H and O–H groups in total. The minimum atomic E-state index is -4.77. The van der Waals surface area contributed by atoms with Gasteiger partial charge in [-0.25, -0.2) is 13.1 Å². The highest BCUT2D eigenvalue weighted by Gasteiger charge is 2.36. The lowest BCUT2D eigenvalue weighted by Gasteiger charge is -2.14. The van der Waals surface area contributed by atoms with Crippen LogP contribution in [-0.2, 0) is 16.2 Å². The second-order valence-electron chi connectivity index (χ2n) is 5.26. The summed E-state index contributed by atoms with van der Waals surface area (Å²) in [5, 5.41) is 0. The molecular formula is C16H14F3NO5S. The molecule has 2 aromatic rings. The highest BCUT2D eigenvalue weighted by Crippen LogP contribution is 2.35. The van der Waals surface area contributed by atoms with Crippen LogP contribution in [0, 0.1) is 0 Å². The number of halogens is 3. The molecule has 0 bridgehead atoms. The maximum Gasteiger partial charge on any atom is 0.417 e. The zero-order valence-corrected chi connectivity index (χ0v) is 14.1. The second-order valence-corrected chi connectivity index (χ2v) is 6.99. The molecule has 1 aliphatic heterocycles. The van der Waals surface area contributed by atoms with Crippen LogP contribution in [0.4, 0.5) is 13.2 Å². The molecule has 0 aliphatic carbocycles. The Bertz CT molecular complexity index is 899. The number of hydrogen-bond donors (Lipinski definition) is 1. The molecule has 0 unspecified atom stereocenters. The van der Waals surface area contributed by atoms with Crippen LogP contribution in [0.15, 0.2) is 47.4 Å². The zero-order valence-electron chi connectivity index (χ0n) is 13.2. The van der Waals surface area contributed by atoms with Gasteiger partial charge in [0.25, 0.3) is 0 Å². The van der Waals surface area contributed by atoms with Crippen molar-refractivity contribution in [3.63, 3.8) is 0 Å². The highest BCUT2D eigenvalue weighted by molar-refractivity contribution is 7.89. The van der Waals surface area contributed by atoms with Gasteiger partial charge in [0.05, 0.1) is 10.5 Å². The van der Waals surface area contributed by atoms with Crippen molar-refractivity contribution in [1.82, 2.24) is 4.72 Å². The van der Waals surface area contributed by atoms with E-state index in [0.29, 0.717) is 17.2 Å². The Labute approximate surface area is 147 Å². The van der Waals surface area contributed by atoms with E-state index < -0.39 is 26.7 Å². The Morgan fingerprint density at radius 1 is 1.08 bits per heavy atom. The number of ether oxygens (including phenoxy) is 3. The summed E-state index contributed by atoms with van der Waals surface area (Å²) in [5.41, 5.74) is -1.22. The third-order valence-electron chi connectivity index (χ3n) is 3.49. The molecule has 0 amide bonds. The van der Waals surface area contributed by atoms with E-state index in [1.807, 2.05) is 0 Å². The fourth-order valence-corrected chi connectivity index (χ4v) is 3.56. The Morgan fingerprint density at radius 2 is 1.81 bits per heavy atom. The van der Waals surface area contributed by atoms with Gasteiger partial charge in [-0.2, -0.15) is 13.2 Å². The van der Waals surface area contributed by atoms with Crippen molar-refractivity contribution in [3.05, 3.63) is 48.0 Å². The lowest BCUT2D eigenvalue weighted by Crippen LogP contribution is -2.30. The van der Waals surface area contributed by atoms with Crippen molar-refractivity contribution < 1.29 is 35.8 Å². The molecule has 2 aromatic carbocycles. The molecule has 1 aliphatic rings. The van der Waals surface area contributed by atoms with Gasteiger partial charge >= 0.3 is 6.18 Å². The number of nitrogens with one attached hydrogen (secondary N) is 1. The van der Waals surface area contributed by atoms with Crippen LogP contribution in [0.5, 0.6) is 17.2 Å². The molecule has 3 rings (SSSR count). The zero-order chi connectivity index (χ0) is 18.8. The molecular weight excluding hydrogens is 375 g/mol.